The van der Waals surface area contributed by atoms with E-state index < -0.39 is 0 Å². The Bertz CT molecular complexity index is 598. The second-order valence-electron chi connectivity index (χ2n) is 7.22. The third-order valence-electron chi connectivity index (χ3n) is 4.66. The number of carbonyl (C=O) groups is 2. The van der Waals surface area contributed by atoms with Gasteiger partial charge in [0.2, 0.25) is 11.8 Å². The number of carbonyl (C=O) groups excluding carboxylic acids is 2. The number of para-hydroxylation sites is 1. The van der Waals surface area contributed by atoms with Gasteiger partial charge in [-0.25, -0.2) is 0 Å². The van der Waals surface area contributed by atoms with Crippen molar-refractivity contribution in [1.29, 1.82) is 0 Å². The molecule has 0 spiro atoms. The van der Waals surface area contributed by atoms with Crippen LogP contribution in [0.2, 0.25) is 0 Å². The van der Waals surface area contributed by atoms with Crippen LogP contribution in [-0.2, 0) is 15.0 Å². The van der Waals surface area contributed by atoms with Gasteiger partial charge >= 0.3 is 0 Å². The fourth-order valence-corrected chi connectivity index (χ4v) is 2.82. The highest BCUT2D eigenvalue weighted by atomic mass is 16.5. The summed E-state index contributed by atoms with van der Waals surface area (Å²) in [5, 5.41) is 5.79. The SMILES string of the molecule is COc1ccccc1C(C)(C)CNC(=O)CCNC(=O)C1CC1C. The molecule has 2 rings (SSSR count). The van der Waals surface area contributed by atoms with Gasteiger partial charge in [-0.1, -0.05) is 39.0 Å². The molecule has 1 fully saturated rings. The van der Waals surface area contributed by atoms with E-state index in [2.05, 4.69) is 31.4 Å². The van der Waals surface area contributed by atoms with E-state index in [9.17, 15) is 9.59 Å². The quantitative estimate of drug-likeness (QED) is 0.767. The molecule has 2 N–H and O–H groups in total. The van der Waals surface area contributed by atoms with Gasteiger partial charge in [0.05, 0.1) is 7.11 Å². The first-order valence-electron chi connectivity index (χ1n) is 8.53. The Hall–Kier alpha value is -2.04. The van der Waals surface area contributed by atoms with Gasteiger partial charge in [-0.15, -0.1) is 0 Å². The predicted molar refractivity (Wildman–Crippen MR) is 93.9 cm³/mol. The first-order chi connectivity index (χ1) is 11.3. The van der Waals surface area contributed by atoms with Crippen LogP contribution in [0.4, 0.5) is 0 Å². The lowest BCUT2D eigenvalue weighted by Crippen LogP contribution is -2.38. The molecule has 5 nitrogen and oxygen atoms in total. The number of rotatable bonds is 8. The van der Waals surface area contributed by atoms with Gasteiger partial charge in [-0.3, -0.25) is 9.59 Å². The van der Waals surface area contributed by atoms with Crippen molar-refractivity contribution in [3.05, 3.63) is 29.8 Å². The average Bonchev–Trinajstić information content (AvgIpc) is 3.30. The summed E-state index contributed by atoms with van der Waals surface area (Å²) >= 11 is 0. The molecule has 5 heteroatoms. The molecule has 0 aliphatic heterocycles. The van der Waals surface area contributed by atoms with Gasteiger partial charge in [0.1, 0.15) is 5.75 Å². The van der Waals surface area contributed by atoms with Crippen molar-refractivity contribution in [1.82, 2.24) is 10.6 Å². The maximum Gasteiger partial charge on any atom is 0.223 e. The summed E-state index contributed by atoms with van der Waals surface area (Å²) in [5.41, 5.74) is 0.818. The number of amides is 2. The zero-order valence-corrected chi connectivity index (χ0v) is 15.0. The highest BCUT2D eigenvalue weighted by Gasteiger charge is 2.38. The molecule has 1 aliphatic rings. The maximum atomic E-state index is 12.0. The Kier molecular flexibility index (Phi) is 5.86. The third kappa shape index (κ3) is 4.73. The van der Waals surface area contributed by atoms with E-state index in [1.165, 1.54) is 0 Å². The summed E-state index contributed by atoms with van der Waals surface area (Å²) < 4.78 is 5.41. The van der Waals surface area contributed by atoms with E-state index in [0.717, 1.165) is 17.7 Å². The Morgan fingerprint density at radius 2 is 1.92 bits per heavy atom. The summed E-state index contributed by atoms with van der Waals surface area (Å²) in [6.07, 6.45) is 1.26. The lowest BCUT2D eigenvalue weighted by Gasteiger charge is -2.27. The Morgan fingerprint density at radius 1 is 1.25 bits per heavy atom. The minimum absolute atomic E-state index is 0.0536. The summed E-state index contributed by atoms with van der Waals surface area (Å²) in [6.45, 7) is 7.11. The molecule has 0 aromatic heterocycles. The fourth-order valence-electron chi connectivity index (χ4n) is 2.82. The Balaban J connectivity index is 1.76. The molecule has 132 valence electrons. The van der Waals surface area contributed by atoms with Gasteiger partial charge in [0.25, 0.3) is 0 Å². The molecular formula is C19H28N2O3. The van der Waals surface area contributed by atoms with Crippen LogP contribution in [0.5, 0.6) is 5.75 Å². The molecule has 24 heavy (non-hydrogen) atoms. The number of hydrogen-bond donors (Lipinski definition) is 2. The van der Waals surface area contributed by atoms with E-state index in [1.807, 2.05) is 24.3 Å². The monoisotopic (exact) mass is 332 g/mol. The standard InChI is InChI=1S/C19H28N2O3/c1-13-11-14(13)18(23)20-10-9-17(22)21-12-19(2,3)15-7-5-6-8-16(15)24-4/h5-8,13-14H,9-12H2,1-4H3,(H,20,23)(H,21,22). The summed E-state index contributed by atoms with van der Waals surface area (Å²) in [6, 6.07) is 7.84. The zero-order valence-electron chi connectivity index (χ0n) is 15.0. The van der Waals surface area contributed by atoms with Crippen LogP contribution >= 0.6 is 0 Å². The van der Waals surface area contributed by atoms with Crippen molar-refractivity contribution in [3.63, 3.8) is 0 Å². The van der Waals surface area contributed by atoms with Crippen molar-refractivity contribution >= 4 is 11.8 Å². The molecular weight excluding hydrogens is 304 g/mol. The van der Waals surface area contributed by atoms with Crippen LogP contribution in [0.15, 0.2) is 24.3 Å². The molecule has 1 aliphatic carbocycles. The molecule has 0 bridgehead atoms. The van der Waals surface area contributed by atoms with Crippen LogP contribution in [-0.4, -0.2) is 32.0 Å². The van der Waals surface area contributed by atoms with Crippen molar-refractivity contribution < 1.29 is 14.3 Å². The zero-order chi connectivity index (χ0) is 17.7. The fraction of sp³-hybridized carbons (Fsp3) is 0.579. The molecule has 0 heterocycles. The molecule has 2 amide bonds. The molecule has 0 radical (unpaired) electrons. The van der Waals surface area contributed by atoms with Crippen molar-refractivity contribution in [2.45, 2.75) is 39.0 Å². The number of hydrogen-bond acceptors (Lipinski definition) is 3. The van der Waals surface area contributed by atoms with Gasteiger partial charge in [0.15, 0.2) is 0 Å². The minimum atomic E-state index is -0.241. The number of methoxy groups -OCH3 is 1. The van der Waals surface area contributed by atoms with E-state index in [0.29, 0.717) is 25.4 Å². The molecule has 1 saturated carbocycles. The lowest BCUT2D eigenvalue weighted by molar-refractivity contribution is -0.123. The summed E-state index contributed by atoms with van der Waals surface area (Å²) in [7, 11) is 1.65. The predicted octanol–water partition coefficient (Wildman–Crippen LogP) is 2.25. The summed E-state index contributed by atoms with van der Waals surface area (Å²) in [5.74, 6) is 1.48. The molecule has 0 saturated heterocycles. The van der Waals surface area contributed by atoms with Crippen LogP contribution in [0.3, 0.4) is 0 Å². The normalized spacial score (nSPS) is 19.5. The van der Waals surface area contributed by atoms with Gasteiger partial charge < -0.3 is 15.4 Å². The van der Waals surface area contributed by atoms with E-state index >= 15 is 0 Å². The lowest BCUT2D eigenvalue weighted by atomic mass is 9.84. The van der Waals surface area contributed by atoms with Gasteiger partial charge in [-0.2, -0.15) is 0 Å². The first-order valence-corrected chi connectivity index (χ1v) is 8.53. The highest BCUT2D eigenvalue weighted by Crippen LogP contribution is 2.37. The molecule has 1 aromatic rings. The topological polar surface area (TPSA) is 67.4 Å². The summed E-state index contributed by atoms with van der Waals surface area (Å²) in [4.78, 5) is 23.7. The Morgan fingerprint density at radius 3 is 2.54 bits per heavy atom. The van der Waals surface area contributed by atoms with Crippen molar-refractivity contribution in [3.8, 4) is 5.75 Å². The van der Waals surface area contributed by atoms with Gasteiger partial charge in [-0.05, 0) is 18.4 Å². The number of nitrogens with one attached hydrogen (secondary N) is 2. The smallest absolute Gasteiger partial charge is 0.223 e. The highest BCUT2D eigenvalue weighted by molar-refractivity contribution is 5.82. The second kappa shape index (κ2) is 7.69. The van der Waals surface area contributed by atoms with E-state index in [1.54, 1.807) is 7.11 Å². The average molecular weight is 332 g/mol. The third-order valence-corrected chi connectivity index (χ3v) is 4.66. The van der Waals surface area contributed by atoms with Crippen LogP contribution in [0.1, 0.15) is 39.2 Å². The Labute approximate surface area is 144 Å². The largest absolute Gasteiger partial charge is 0.496 e. The number of benzene rings is 1. The minimum Gasteiger partial charge on any atom is -0.496 e. The molecule has 2 atom stereocenters. The van der Waals surface area contributed by atoms with Crippen LogP contribution in [0.25, 0.3) is 0 Å². The van der Waals surface area contributed by atoms with E-state index in [4.69, 9.17) is 4.74 Å². The first kappa shape index (κ1) is 18.3. The van der Waals surface area contributed by atoms with Crippen molar-refractivity contribution in [2.24, 2.45) is 11.8 Å². The van der Waals surface area contributed by atoms with Crippen molar-refractivity contribution in [2.75, 3.05) is 20.2 Å². The van der Waals surface area contributed by atoms with Crippen LogP contribution < -0.4 is 15.4 Å². The van der Waals surface area contributed by atoms with E-state index in [-0.39, 0.29) is 23.1 Å². The number of ether oxygens (including phenoxy) is 1. The maximum absolute atomic E-state index is 12.0. The van der Waals surface area contributed by atoms with Crippen LogP contribution in [0, 0.1) is 11.8 Å². The molecule has 1 aromatic carbocycles. The van der Waals surface area contributed by atoms with Gasteiger partial charge in [0, 0.05) is 36.4 Å². The molecule has 2 unspecified atom stereocenters. The second-order valence-corrected chi connectivity index (χ2v) is 7.22.